The molecule has 1 aliphatic rings. The number of anilines is 2. The molecule has 2 atom stereocenters. The Labute approximate surface area is 329 Å². The van der Waals surface area contributed by atoms with Gasteiger partial charge in [0.05, 0.1) is 50.7 Å². The van der Waals surface area contributed by atoms with Crippen LogP contribution >= 0.6 is 11.8 Å². The molecule has 0 aliphatic heterocycles. The average Bonchev–Trinajstić information content (AvgIpc) is 3.45. The minimum absolute atomic E-state index is 0.0438. The normalized spacial score (nSPS) is 13.6. The van der Waals surface area contributed by atoms with Gasteiger partial charge in [-0.05, 0) is 84.7 Å². The zero-order valence-electron chi connectivity index (χ0n) is 31.4. The van der Waals surface area contributed by atoms with Gasteiger partial charge in [0.1, 0.15) is 6.04 Å². The van der Waals surface area contributed by atoms with E-state index in [9.17, 15) is 29.1 Å². The maximum atomic E-state index is 13.5. The van der Waals surface area contributed by atoms with Gasteiger partial charge in [-0.1, -0.05) is 6.07 Å². The first-order chi connectivity index (χ1) is 27.4. The summed E-state index contributed by atoms with van der Waals surface area (Å²) in [6, 6.07) is 11.2. The Kier molecular flexibility index (Phi) is 12.2. The van der Waals surface area contributed by atoms with E-state index in [0.29, 0.717) is 63.1 Å². The molecule has 2 heterocycles. The van der Waals surface area contributed by atoms with Crippen molar-refractivity contribution in [2.24, 2.45) is 0 Å². The molecule has 0 radical (unpaired) electrons. The van der Waals surface area contributed by atoms with Gasteiger partial charge < -0.3 is 41.0 Å². The van der Waals surface area contributed by atoms with Gasteiger partial charge in [0.15, 0.2) is 28.1 Å². The van der Waals surface area contributed by atoms with Gasteiger partial charge in [-0.3, -0.25) is 24.2 Å². The first-order valence-electron chi connectivity index (χ1n) is 17.7. The van der Waals surface area contributed by atoms with Gasteiger partial charge in [0.25, 0.3) is 11.5 Å². The lowest BCUT2D eigenvalue weighted by Crippen LogP contribution is -2.41. The number of nitrogens with one attached hydrogen (secondary N) is 4. The molecule has 296 valence electrons. The number of carbonyl (C=O) groups excluding carboxylic acids is 2. The predicted octanol–water partition coefficient (Wildman–Crippen LogP) is 3.45. The second kappa shape index (κ2) is 17.4. The summed E-state index contributed by atoms with van der Waals surface area (Å²) in [7, 11) is 4.56. The van der Waals surface area contributed by atoms with Crippen LogP contribution in [0.4, 0.5) is 11.6 Å². The lowest BCUT2D eigenvalue weighted by molar-refractivity contribution is -0.139. The SMILES string of the molecule is COc1cc2c(c(OC)c1OC)-c1ccc(SC)c(=O)cc1[C@@H](NC(=O)CC[C@H](NC(=O)c1ccc(NCc3cnc4nc(N)[nH]c(=O)c4n3)cc1)C(=O)O)CC2. The quantitative estimate of drug-likeness (QED) is 0.0881. The lowest BCUT2D eigenvalue weighted by Gasteiger charge is -2.20. The van der Waals surface area contributed by atoms with Crippen molar-refractivity contribution in [2.45, 2.75) is 49.2 Å². The third kappa shape index (κ3) is 8.75. The molecular formula is C39H40N8O9S. The number of hydrogen-bond donors (Lipinski definition) is 6. The van der Waals surface area contributed by atoms with Crippen LogP contribution in [0.3, 0.4) is 0 Å². The van der Waals surface area contributed by atoms with E-state index in [0.717, 1.165) is 5.56 Å². The number of aliphatic carboxylic acids is 1. The molecule has 0 bridgehead atoms. The molecule has 0 saturated carbocycles. The van der Waals surface area contributed by atoms with Crippen molar-refractivity contribution in [2.75, 3.05) is 38.6 Å². The molecule has 5 aromatic rings. The van der Waals surface area contributed by atoms with Crippen molar-refractivity contribution in [3.63, 3.8) is 0 Å². The zero-order chi connectivity index (χ0) is 40.8. The van der Waals surface area contributed by atoms with Crippen molar-refractivity contribution in [1.82, 2.24) is 30.6 Å². The van der Waals surface area contributed by atoms with Crippen molar-refractivity contribution in [1.29, 1.82) is 0 Å². The first-order valence-corrected chi connectivity index (χ1v) is 18.9. The summed E-state index contributed by atoms with van der Waals surface area (Å²) in [4.78, 5) is 79.5. The number of fused-ring (bicyclic) bond motifs is 4. The molecule has 1 aliphatic carbocycles. The van der Waals surface area contributed by atoms with Gasteiger partial charge in [0.2, 0.25) is 17.6 Å². The van der Waals surface area contributed by atoms with E-state index >= 15 is 0 Å². The van der Waals surface area contributed by atoms with Gasteiger partial charge in [-0.15, -0.1) is 11.8 Å². The second-order valence-electron chi connectivity index (χ2n) is 12.9. The molecule has 57 heavy (non-hydrogen) atoms. The van der Waals surface area contributed by atoms with Crippen LogP contribution in [-0.2, 0) is 22.6 Å². The smallest absolute Gasteiger partial charge is 0.326 e. The maximum absolute atomic E-state index is 13.5. The Morgan fingerprint density at radius 2 is 1.77 bits per heavy atom. The highest BCUT2D eigenvalue weighted by Crippen LogP contribution is 2.50. The Morgan fingerprint density at radius 1 is 1.02 bits per heavy atom. The van der Waals surface area contributed by atoms with Crippen LogP contribution in [0.15, 0.2) is 69.2 Å². The van der Waals surface area contributed by atoms with Crippen molar-refractivity contribution < 1.29 is 33.7 Å². The number of benzene rings is 2. The van der Waals surface area contributed by atoms with Gasteiger partial charge in [0, 0.05) is 23.2 Å². The molecule has 2 amide bonds. The number of carboxylic acids is 1. The number of methoxy groups -OCH3 is 3. The van der Waals surface area contributed by atoms with Crippen LogP contribution in [0, 0.1) is 0 Å². The Bertz CT molecular complexity index is 2480. The minimum Gasteiger partial charge on any atom is -0.493 e. The number of nitrogens with two attached hydrogens (primary N) is 1. The number of ether oxygens (including phenoxy) is 3. The number of carbonyl (C=O) groups is 3. The molecule has 2 aromatic heterocycles. The van der Waals surface area contributed by atoms with Crippen LogP contribution in [0.25, 0.3) is 22.3 Å². The number of hydrogen-bond acceptors (Lipinski definition) is 14. The third-order valence-corrected chi connectivity index (χ3v) is 10.2. The molecular weight excluding hydrogens is 757 g/mol. The number of nitrogens with zero attached hydrogens (tertiary/aromatic N) is 3. The van der Waals surface area contributed by atoms with E-state index < -0.39 is 35.4 Å². The van der Waals surface area contributed by atoms with Crippen LogP contribution in [0.2, 0.25) is 0 Å². The molecule has 0 fully saturated rings. The van der Waals surface area contributed by atoms with Gasteiger partial charge >= 0.3 is 5.97 Å². The lowest BCUT2D eigenvalue weighted by atomic mass is 9.95. The van der Waals surface area contributed by atoms with Crippen molar-refractivity contribution >= 4 is 52.3 Å². The fraction of sp³-hybridized carbons (Fsp3) is 0.282. The molecule has 0 unspecified atom stereocenters. The molecule has 7 N–H and O–H groups in total. The maximum Gasteiger partial charge on any atom is 0.326 e. The Hall–Kier alpha value is -6.69. The van der Waals surface area contributed by atoms with Crippen LogP contribution in [-0.4, -0.2) is 76.5 Å². The first kappa shape index (κ1) is 40.0. The monoisotopic (exact) mass is 796 g/mol. The Morgan fingerprint density at radius 3 is 2.46 bits per heavy atom. The fourth-order valence-corrected chi connectivity index (χ4v) is 7.11. The number of thioether (sulfide) groups is 1. The summed E-state index contributed by atoms with van der Waals surface area (Å²) in [5.41, 5.74) is 9.08. The standard InChI is InChI=1S/C39H40N8O9S/c1-54-28-15-20-7-11-25(24-16-27(48)29(57-4)13-10-23(24)31(20)34(56-3)33(28)55-2)44-30(49)14-12-26(38(52)53)45-36(50)19-5-8-21(9-6-19)41-17-22-18-42-35-32(43-22)37(51)47-39(40)46-35/h5-6,8-10,13,15-16,18,25-26,41H,7,11-12,14,17H2,1-4H3,(H,44,49)(H,45,50)(H,52,53)(H3,40,42,46,47,51)/t25-,26-/m0/s1. The summed E-state index contributed by atoms with van der Waals surface area (Å²) in [5.74, 6) is -1.19. The number of H-pyrrole nitrogens is 1. The molecule has 3 aromatic carbocycles. The highest BCUT2D eigenvalue weighted by atomic mass is 32.2. The van der Waals surface area contributed by atoms with E-state index in [-0.39, 0.29) is 47.5 Å². The summed E-state index contributed by atoms with van der Waals surface area (Å²) >= 11 is 1.31. The average molecular weight is 797 g/mol. The van der Waals surface area contributed by atoms with E-state index in [1.165, 1.54) is 57.5 Å². The van der Waals surface area contributed by atoms with Gasteiger partial charge in [-0.25, -0.2) is 14.8 Å². The minimum atomic E-state index is -1.37. The highest BCUT2D eigenvalue weighted by molar-refractivity contribution is 7.98. The van der Waals surface area contributed by atoms with E-state index in [1.807, 2.05) is 12.1 Å². The molecule has 17 nitrogen and oxygen atoms in total. The number of aryl methyl sites for hydroxylation is 1. The summed E-state index contributed by atoms with van der Waals surface area (Å²) < 4.78 is 17.1. The summed E-state index contributed by atoms with van der Waals surface area (Å²) in [5, 5.41) is 18.6. The van der Waals surface area contributed by atoms with Crippen LogP contribution < -0.4 is 46.9 Å². The summed E-state index contributed by atoms with van der Waals surface area (Å²) in [6.07, 6.45) is 3.73. The fourth-order valence-electron chi connectivity index (χ4n) is 6.65. The van der Waals surface area contributed by atoms with E-state index in [4.69, 9.17) is 19.9 Å². The Balaban J connectivity index is 1.12. The van der Waals surface area contributed by atoms with E-state index in [1.54, 1.807) is 24.5 Å². The van der Waals surface area contributed by atoms with Crippen LogP contribution in [0.5, 0.6) is 17.2 Å². The zero-order valence-corrected chi connectivity index (χ0v) is 32.2. The number of aromatic amines is 1. The number of carboxylic acid groups (broad SMARTS) is 1. The number of nitrogen functional groups attached to an aromatic ring is 1. The number of amides is 2. The topological polar surface area (TPSA) is 250 Å². The largest absolute Gasteiger partial charge is 0.493 e. The third-order valence-electron chi connectivity index (χ3n) is 9.43. The molecule has 0 saturated heterocycles. The highest BCUT2D eigenvalue weighted by Gasteiger charge is 2.30. The van der Waals surface area contributed by atoms with Gasteiger partial charge in [-0.2, -0.15) is 4.98 Å². The molecule has 6 rings (SSSR count). The molecule has 18 heteroatoms. The summed E-state index contributed by atoms with van der Waals surface area (Å²) in [6.45, 7) is 0.202. The molecule has 0 spiro atoms. The van der Waals surface area contributed by atoms with E-state index in [2.05, 4.69) is 35.9 Å². The van der Waals surface area contributed by atoms with Crippen LogP contribution in [0.1, 0.15) is 52.5 Å². The van der Waals surface area contributed by atoms with Crippen molar-refractivity contribution in [3.05, 3.63) is 97.7 Å². The number of rotatable bonds is 14. The van der Waals surface area contributed by atoms with Crippen molar-refractivity contribution in [3.8, 4) is 28.4 Å². The number of aromatic nitrogens is 4. The second-order valence-corrected chi connectivity index (χ2v) is 13.8. The predicted molar refractivity (Wildman–Crippen MR) is 213 cm³/mol.